The van der Waals surface area contributed by atoms with Crippen LogP contribution in [0.2, 0.25) is 0 Å². The standard InChI is InChI=1S/C15H17N3O3/c1-10-12(9-16)3-2-4-13(10)17-15(21)18-7-5-11(6-8-18)14(19)20/h2-4,11H,5-8H2,1H3,(H,17,21)(H,19,20). The van der Waals surface area contributed by atoms with Crippen LogP contribution < -0.4 is 5.32 Å². The molecule has 21 heavy (non-hydrogen) atoms. The van der Waals surface area contributed by atoms with E-state index in [4.69, 9.17) is 10.4 Å². The van der Waals surface area contributed by atoms with E-state index in [1.807, 2.05) is 0 Å². The van der Waals surface area contributed by atoms with E-state index < -0.39 is 5.97 Å². The Morgan fingerprint density at radius 2 is 2.05 bits per heavy atom. The molecule has 1 fully saturated rings. The molecule has 0 bridgehead atoms. The van der Waals surface area contributed by atoms with Gasteiger partial charge in [0.05, 0.1) is 17.6 Å². The van der Waals surface area contributed by atoms with Crippen LogP contribution in [0.5, 0.6) is 0 Å². The van der Waals surface area contributed by atoms with Crippen molar-refractivity contribution in [3.8, 4) is 6.07 Å². The highest BCUT2D eigenvalue weighted by atomic mass is 16.4. The second kappa shape index (κ2) is 6.27. The Bertz CT molecular complexity index is 599. The Hall–Kier alpha value is -2.55. The first-order chi connectivity index (χ1) is 10.0. The molecule has 0 saturated carbocycles. The molecule has 2 N–H and O–H groups in total. The molecular formula is C15H17N3O3. The van der Waals surface area contributed by atoms with Crippen molar-refractivity contribution in [3.05, 3.63) is 29.3 Å². The average Bonchev–Trinajstić information content (AvgIpc) is 2.49. The van der Waals surface area contributed by atoms with Crippen molar-refractivity contribution in [1.29, 1.82) is 5.26 Å². The normalized spacial score (nSPS) is 15.3. The second-order valence-electron chi connectivity index (χ2n) is 5.12. The first-order valence-electron chi connectivity index (χ1n) is 6.81. The maximum atomic E-state index is 12.2. The van der Waals surface area contributed by atoms with Gasteiger partial charge in [-0.3, -0.25) is 4.79 Å². The first-order valence-corrected chi connectivity index (χ1v) is 6.81. The van der Waals surface area contributed by atoms with Crippen LogP contribution in [0.15, 0.2) is 18.2 Å². The van der Waals surface area contributed by atoms with E-state index in [1.54, 1.807) is 30.0 Å². The van der Waals surface area contributed by atoms with E-state index in [-0.39, 0.29) is 11.9 Å². The van der Waals surface area contributed by atoms with Crippen LogP contribution in [0.4, 0.5) is 10.5 Å². The number of nitriles is 1. The van der Waals surface area contributed by atoms with E-state index >= 15 is 0 Å². The summed E-state index contributed by atoms with van der Waals surface area (Å²) in [6, 6.07) is 6.99. The fourth-order valence-electron chi connectivity index (χ4n) is 2.42. The number of carbonyl (C=O) groups is 2. The van der Waals surface area contributed by atoms with Gasteiger partial charge in [-0.25, -0.2) is 4.79 Å². The maximum Gasteiger partial charge on any atom is 0.321 e. The maximum absolute atomic E-state index is 12.2. The predicted molar refractivity (Wildman–Crippen MR) is 76.8 cm³/mol. The molecule has 6 nitrogen and oxygen atoms in total. The number of anilines is 1. The van der Waals surface area contributed by atoms with Crippen LogP contribution in [0.25, 0.3) is 0 Å². The van der Waals surface area contributed by atoms with Gasteiger partial charge >= 0.3 is 12.0 Å². The van der Waals surface area contributed by atoms with Crippen molar-refractivity contribution in [3.63, 3.8) is 0 Å². The van der Waals surface area contributed by atoms with E-state index in [0.29, 0.717) is 37.2 Å². The van der Waals surface area contributed by atoms with Crippen LogP contribution in [0.1, 0.15) is 24.0 Å². The Morgan fingerprint density at radius 1 is 1.38 bits per heavy atom. The SMILES string of the molecule is Cc1c(C#N)cccc1NC(=O)N1CCC(C(=O)O)CC1. The number of benzene rings is 1. The van der Waals surface area contributed by atoms with E-state index in [9.17, 15) is 9.59 Å². The van der Waals surface area contributed by atoms with Gasteiger partial charge in [0.2, 0.25) is 0 Å². The molecule has 2 rings (SSSR count). The van der Waals surface area contributed by atoms with Gasteiger partial charge in [-0.2, -0.15) is 5.26 Å². The summed E-state index contributed by atoms with van der Waals surface area (Å²) in [4.78, 5) is 24.7. The molecule has 1 aliphatic rings. The molecule has 0 aliphatic carbocycles. The third kappa shape index (κ3) is 3.31. The van der Waals surface area contributed by atoms with Crippen LogP contribution >= 0.6 is 0 Å². The minimum Gasteiger partial charge on any atom is -0.481 e. The molecule has 0 unspecified atom stereocenters. The number of carbonyl (C=O) groups excluding carboxylic acids is 1. The number of piperidine rings is 1. The zero-order valence-corrected chi connectivity index (χ0v) is 11.8. The van der Waals surface area contributed by atoms with Crippen molar-refractivity contribution >= 4 is 17.7 Å². The minimum atomic E-state index is -0.798. The Morgan fingerprint density at radius 3 is 2.62 bits per heavy atom. The smallest absolute Gasteiger partial charge is 0.321 e. The molecular weight excluding hydrogens is 270 g/mol. The second-order valence-corrected chi connectivity index (χ2v) is 5.12. The summed E-state index contributed by atoms with van der Waals surface area (Å²) in [6.45, 7) is 2.64. The summed E-state index contributed by atoms with van der Waals surface area (Å²) in [6.07, 6.45) is 0.944. The summed E-state index contributed by atoms with van der Waals surface area (Å²) in [5.74, 6) is -1.16. The zero-order chi connectivity index (χ0) is 15.4. The van der Waals surface area contributed by atoms with Gasteiger partial charge in [0.15, 0.2) is 0 Å². The van der Waals surface area contributed by atoms with Crippen LogP contribution in [0, 0.1) is 24.2 Å². The topological polar surface area (TPSA) is 93.4 Å². The molecule has 1 saturated heterocycles. The third-order valence-corrected chi connectivity index (χ3v) is 3.83. The zero-order valence-electron chi connectivity index (χ0n) is 11.8. The average molecular weight is 287 g/mol. The van der Waals surface area contributed by atoms with E-state index in [0.717, 1.165) is 5.56 Å². The Labute approximate surface area is 123 Å². The summed E-state index contributed by atoms with van der Waals surface area (Å²) in [7, 11) is 0. The number of urea groups is 1. The molecule has 1 heterocycles. The van der Waals surface area contributed by atoms with Crippen LogP contribution in [0.3, 0.4) is 0 Å². The number of hydrogen-bond acceptors (Lipinski definition) is 3. The fourth-order valence-corrected chi connectivity index (χ4v) is 2.42. The van der Waals surface area contributed by atoms with Crippen molar-refractivity contribution in [2.24, 2.45) is 5.92 Å². The van der Waals surface area contributed by atoms with Crippen molar-refractivity contribution < 1.29 is 14.7 Å². The molecule has 2 amide bonds. The highest BCUT2D eigenvalue weighted by Crippen LogP contribution is 2.21. The van der Waals surface area contributed by atoms with Gasteiger partial charge in [-0.1, -0.05) is 6.07 Å². The van der Waals surface area contributed by atoms with Gasteiger partial charge in [-0.15, -0.1) is 0 Å². The highest BCUT2D eigenvalue weighted by Gasteiger charge is 2.27. The van der Waals surface area contributed by atoms with Gasteiger partial charge in [0, 0.05) is 18.8 Å². The lowest BCUT2D eigenvalue weighted by Crippen LogP contribution is -2.42. The lowest BCUT2D eigenvalue weighted by Gasteiger charge is -2.30. The quantitative estimate of drug-likeness (QED) is 0.872. The lowest BCUT2D eigenvalue weighted by atomic mass is 9.97. The molecule has 0 atom stereocenters. The highest BCUT2D eigenvalue weighted by molar-refractivity contribution is 5.90. The molecule has 110 valence electrons. The Kier molecular flexibility index (Phi) is 4.43. The number of likely N-dealkylation sites (tertiary alicyclic amines) is 1. The molecule has 1 aromatic carbocycles. The number of carboxylic acids is 1. The molecule has 0 radical (unpaired) electrons. The molecule has 0 aromatic heterocycles. The summed E-state index contributed by atoms with van der Waals surface area (Å²) in [5.41, 5.74) is 1.87. The van der Waals surface area contributed by atoms with Crippen LogP contribution in [-0.2, 0) is 4.79 Å². The first kappa shape index (κ1) is 14.9. The predicted octanol–water partition coefficient (Wildman–Crippen LogP) is 2.20. The number of rotatable bonds is 2. The number of aliphatic carboxylic acids is 1. The van der Waals surface area contributed by atoms with E-state index in [2.05, 4.69) is 11.4 Å². The van der Waals surface area contributed by atoms with Crippen LogP contribution in [-0.4, -0.2) is 35.1 Å². The number of carboxylic acid groups (broad SMARTS) is 1. The fraction of sp³-hybridized carbons (Fsp3) is 0.400. The number of hydrogen-bond donors (Lipinski definition) is 2. The van der Waals surface area contributed by atoms with E-state index in [1.165, 1.54) is 0 Å². The third-order valence-electron chi connectivity index (χ3n) is 3.83. The van der Waals surface area contributed by atoms with Crippen molar-refractivity contribution in [1.82, 2.24) is 4.90 Å². The number of nitrogens with one attached hydrogen (secondary N) is 1. The van der Waals surface area contributed by atoms with Crippen molar-refractivity contribution in [2.75, 3.05) is 18.4 Å². The van der Waals surface area contributed by atoms with Gasteiger partial charge in [0.1, 0.15) is 0 Å². The molecule has 0 spiro atoms. The number of nitrogens with zero attached hydrogens (tertiary/aromatic N) is 2. The van der Waals surface area contributed by atoms with Gasteiger partial charge in [-0.05, 0) is 37.5 Å². The van der Waals surface area contributed by atoms with Crippen molar-refractivity contribution in [2.45, 2.75) is 19.8 Å². The van der Waals surface area contributed by atoms with Gasteiger partial charge in [0.25, 0.3) is 0 Å². The number of amides is 2. The largest absolute Gasteiger partial charge is 0.481 e. The minimum absolute atomic E-state index is 0.253. The molecule has 1 aromatic rings. The molecule has 6 heteroatoms. The summed E-state index contributed by atoms with van der Waals surface area (Å²) >= 11 is 0. The summed E-state index contributed by atoms with van der Waals surface area (Å²) in [5, 5.41) is 20.7. The molecule has 1 aliphatic heterocycles. The lowest BCUT2D eigenvalue weighted by molar-refractivity contribution is -0.143. The summed E-state index contributed by atoms with van der Waals surface area (Å²) < 4.78 is 0. The monoisotopic (exact) mass is 287 g/mol. The van der Waals surface area contributed by atoms with Gasteiger partial charge < -0.3 is 15.3 Å². The Balaban J connectivity index is 2.00.